The lowest BCUT2D eigenvalue weighted by atomic mass is 10.0. The van der Waals surface area contributed by atoms with Crippen LogP contribution in [0.15, 0.2) is 207 Å². The van der Waals surface area contributed by atoms with Gasteiger partial charge in [0.05, 0.1) is 0 Å². The number of carbonyl (C=O) groups excluding carboxylic acids is 2. The van der Waals surface area contributed by atoms with Crippen molar-refractivity contribution in [3.05, 3.63) is 218 Å². The van der Waals surface area contributed by atoms with Gasteiger partial charge in [0.25, 0.3) is 0 Å². The third-order valence-corrected chi connectivity index (χ3v) is 9.34. The smallest absolute Gasteiger partial charge is 0.335 e. The van der Waals surface area contributed by atoms with E-state index in [0.717, 1.165) is 57.2 Å². The van der Waals surface area contributed by atoms with Crippen molar-refractivity contribution >= 4 is 34.7 Å². The molecule has 0 amide bonds. The van der Waals surface area contributed by atoms with Crippen molar-refractivity contribution in [2.45, 2.75) is 13.1 Å². The summed E-state index contributed by atoms with van der Waals surface area (Å²) < 4.78 is 10.5. The van der Waals surface area contributed by atoms with Crippen LogP contribution in [0.2, 0.25) is 0 Å². The van der Waals surface area contributed by atoms with Crippen LogP contribution >= 0.6 is 0 Å². The van der Waals surface area contributed by atoms with E-state index in [-0.39, 0.29) is 0 Å². The number of ether oxygens (including phenoxy) is 2. The maximum absolute atomic E-state index is 11.6. The topological polar surface area (TPSA) is 59.1 Å². The molecule has 0 fully saturated rings. The van der Waals surface area contributed by atoms with Crippen molar-refractivity contribution in [3.63, 3.8) is 0 Å². The summed E-state index contributed by atoms with van der Waals surface area (Å²) >= 11 is 0. The van der Waals surface area contributed by atoms with Crippen LogP contribution in [0.1, 0.15) is 11.1 Å². The van der Waals surface area contributed by atoms with Gasteiger partial charge in [0.1, 0.15) is 11.5 Å². The third kappa shape index (κ3) is 9.19. The molecule has 6 nitrogen and oxygen atoms in total. The Morgan fingerprint density at radius 3 is 0.982 bits per heavy atom. The Hall–Kier alpha value is -7.44. The molecule has 0 spiro atoms. The molecule has 7 rings (SSSR count). The minimum Gasteiger partial charge on any atom is -0.423 e. The zero-order valence-corrected chi connectivity index (χ0v) is 30.8. The Labute approximate surface area is 327 Å². The average molecular weight is 733 g/mol. The van der Waals surface area contributed by atoms with Gasteiger partial charge in [0, 0.05) is 48.0 Å². The van der Waals surface area contributed by atoms with Crippen molar-refractivity contribution in [1.82, 2.24) is 0 Å². The Balaban J connectivity index is 1.07. The molecule has 0 atom stereocenters. The first-order chi connectivity index (χ1) is 27.4. The fourth-order valence-electron chi connectivity index (χ4n) is 6.41. The number of rotatable bonds is 14. The largest absolute Gasteiger partial charge is 0.423 e. The van der Waals surface area contributed by atoms with Crippen molar-refractivity contribution in [3.8, 4) is 33.8 Å². The highest BCUT2D eigenvalue weighted by atomic mass is 16.5. The van der Waals surface area contributed by atoms with Gasteiger partial charge in [0.15, 0.2) is 0 Å². The van der Waals surface area contributed by atoms with Crippen LogP contribution < -0.4 is 19.3 Å². The number of esters is 2. The van der Waals surface area contributed by atoms with Gasteiger partial charge < -0.3 is 19.3 Å². The molecule has 0 unspecified atom stereocenters. The molecule has 0 aliphatic rings. The predicted octanol–water partition coefficient (Wildman–Crippen LogP) is 11.9. The van der Waals surface area contributed by atoms with E-state index in [1.54, 1.807) is 24.3 Å². The van der Waals surface area contributed by atoms with Crippen molar-refractivity contribution in [2.24, 2.45) is 0 Å². The van der Waals surface area contributed by atoms with E-state index in [4.69, 9.17) is 9.47 Å². The number of benzene rings is 7. The van der Waals surface area contributed by atoms with Crippen LogP contribution in [0.4, 0.5) is 22.7 Å². The van der Waals surface area contributed by atoms with E-state index < -0.39 is 11.9 Å². The summed E-state index contributed by atoms with van der Waals surface area (Å²) in [4.78, 5) is 27.8. The van der Waals surface area contributed by atoms with Crippen molar-refractivity contribution < 1.29 is 19.1 Å². The van der Waals surface area contributed by atoms with Crippen LogP contribution in [0.5, 0.6) is 11.5 Å². The number of hydrogen-bond acceptors (Lipinski definition) is 6. The first-order valence-electron chi connectivity index (χ1n) is 18.3. The normalized spacial score (nSPS) is 10.6. The molecule has 6 heteroatoms. The molecule has 0 saturated carbocycles. The zero-order chi connectivity index (χ0) is 38.7. The fourth-order valence-corrected chi connectivity index (χ4v) is 6.41. The molecular formula is C50H40N2O4. The second-order valence-electron chi connectivity index (χ2n) is 13.1. The highest BCUT2D eigenvalue weighted by molar-refractivity contribution is 5.84. The minimum atomic E-state index is -0.481. The monoisotopic (exact) mass is 732 g/mol. The lowest BCUT2D eigenvalue weighted by Gasteiger charge is -2.27. The number of para-hydroxylation sites is 2. The molecule has 0 aliphatic carbocycles. The lowest BCUT2D eigenvalue weighted by molar-refractivity contribution is -0.129. The number of carbonyl (C=O) groups is 2. The van der Waals surface area contributed by atoms with Crippen LogP contribution in [0.25, 0.3) is 22.3 Å². The molecule has 56 heavy (non-hydrogen) atoms. The molecule has 7 aromatic rings. The van der Waals surface area contributed by atoms with Crippen molar-refractivity contribution in [1.29, 1.82) is 0 Å². The highest BCUT2D eigenvalue weighted by Gasteiger charge is 2.14. The summed E-state index contributed by atoms with van der Waals surface area (Å²) in [7, 11) is 0. The maximum Gasteiger partial charge on any atom is 0.335 e. The summed E-state index contributed by atoms with van der Waals surface area (Å²) in [5.74, 6) is -0.000243. The Bertz CT molecular complexity index is 2220. The Kier molecular flexibility index (Phi) is 11.6. The molecular weight excluding hydrogens is 693 g/mol. The van der Waals surface area contributed by atoms with E-state index >= 15 is 0 Å². The molecule has 0 radical (unpaired) electrons. The molecule has 7 aromatic carbocycles. The number of hydrogen-bond donors (Lipinski definition) is 0. The first-order valence-corrected chi connectivity index (χ1v) is 18.3. The zero-order valence-electron chi connectivity index (χ0n) is 30.8. The molecule has 0 heterocycles. The molecule has 0 aromatic heterocycles. The van der Waals surface area contributed by atoms with Gasteiger partial charge in [-0.15, -0.1) is 0 Å². The number of anilines is 4. The second-order valence-corrected chi connectivity index (χ2v) is 13.1. The summed E-state index contributed by atoms with van der Waals surface area (Å²) in [5.41, 5.74) is 10.9. The number of nitrogens with zero attached hydrogens (tertiary/aromatic N) is 2. The summed E-state index contributed by atoms with van der Waals surface area (Å²) in [6, 6.07) is 61.6. The van der Waals surface area contributed by atoms with Gasteiger partial charge in [0.2, 0.25) is 0 Å². The first kappa shape index (κ1) is 36.9. The minimum absolute atomic E-state index is 0.481. The van der Waals surface area contributed by atoms with Gasteiger partial charge >= 0.3 is 11.9 Å². The second kappa shape index (κ2) is 17.6. The van der Waals surface area contributed by atoms with Crippen LogP contribution in [0, 0.1) is 0 Å². The third-order valence-electron chi connectivity index (χ3n) is 9.34. The van der Waals surface area contributed by atoms with Crippen molar-refractivity contribution in [2.75, 3.05) is 9.80 Å². The molecule has 0 N–H and O–H groups in total. The van der Waals surface area contributed by atoms with Crippen LogP contribution in [-0.2, 0) is 22.7 Å². The van der Waals surface area contributed by atoms with E-state index in [0.29, 0.717) is 24.6 Å². The van der Waals surface area contributed by atoms with Gasteiger partial charge in [-0.2, -0.15) is 0 Å². The van der Waals surface area contributed by atoms with E-state index in [1.807, 2.05) is 36.4 Å². The SMILES string of the molecule is C=CC(=O)Oc1ccc(-c2ccc(N(Cc3ccc(CN(c4ccccc4)c4ccc(-c5ccc(OC(=O)C=C)cc5)cc4)cc3)c3ccccc3)cc2)cc1. The van der Waals surface area contributed by atoms with Gasteiger partial charge in [-0.3, -0.25) is 0 Å². The summed E-state index contributed by atoms with van der Waals surface area (Å²) in [6.45, 7) is 8.29. The van der Waals surface area contributed by atoms with Crippen LogP contribution in [-0.4, -0.2) is 11.9 Å². The summed E-state index contributed by atoms with van der Waals surface area (Å²) in [5, 5.41) is 0. The molecule has 0 bridgehead atoms. The van der Waals surface area contributed by atoms with E-state index in [2.05, 4.69) is 144 Å². The average Bonchev–Trinajstić information content (AvgIpc) is 3.26. The Morgan fingerprint density at radius 1 is 0.393 bits per heavy atom. The van der Waals surface area contributed by atoms with Gasteiger partial charge in [-0.05, 0) is 106 Å². The lowest BCUT2D eigenvalue weighted by Crippen LogP contribution is -2.17. The van der Waals surface area contributed by atoms with Gasteiger partial charge in [-0.1, -0.05) is 122 Å². The fraction of sp³-hybridized carbons (Fsp3) is 0.0400. The molecule has 274 valence electrons. The summed E-state index contributed by atoms with van der Waals surface area (Å²) in [6.07, 6.45) is 2.30. The van der Waals surface area contributed by atoms with E-state index in [1.165, 1.54) is 11.1 Å². The van der Waals surface area contributed by atoms with Gasteiger partial charge in [-0.25, -0.2) is 9.59 Å². The quantitative estimate of drug-likeness (QED) is 0.0630. The molecule has 0 saturated heterocycles. The predicted molar refractivity (Wildman–Crippen MR) is 226 cm³/mol. The van der Waals surface area contributed by atoms with E-state index in [9.17, 15) is 9.59 Å². The maximum atomic E-state index is 11.6. The Morgan fingerprint density at radius 2 is 0.679 bits per heavy atom. The standard InChI is InChI=1S/C50H40N2O4/c1-3-49(53)55-47-31-23-41(24-32-47)39-19-27-45(28-20-39)51(43-11-7-5-8-12-43)35-37-15-17-38(18-16-37)36-52(44-13-9-6-10-14-44)46-29-21-40(22-30-46)42-25-33-48(34-26-42)56-50(54)4-2/h3-34H,1-2,35-36H2. The molecule has 0 aliphatic heterocycles. The van der Waals surface area contributed by atoms with Crippen LogP contribution in [0.3, 0.4) is 0 Å². The highest BCUT2D eigenvalue weighted by Crippen LogP contribution is 2.33.